The van der Waals surface area contributed by atoms with Gasteiger partial charge in [0.05, 0.1) is 0 Å². The van der Waals surface area contributed by atoms with Crippen molar-refractivity contribution in [2.45, 2.75) is 12.7 Å². The van der Waals surface area contributed by atoms with Crippen LogP contribution in [0.2, 0.25) is 0 Å². The molecule has 142 valence electrons. The number of carbonyl (C=O) groups excluding carboxylic acids is 1. The highest BCUT2D eigenvalue weighted by Gasteiger charge is 2.29. The maximum absolute atomic E-state index is 12.2. The molecule has 0 unspecified atom stereocenters. The largest absolute Gasteiger partial charge is 0.485 e. The van der Waals surface area contributed by atoms with Gasteiger partial charge in [-0.15, -0.1) is 0 Å². The Morgan fingerprint density at radius 3 is 2.79 bits per heavy atom. The Bertz CT molecular complexity index is 1030. The van der Waals surface area contributed by atoms with E-state index in [9.17, 15) is 4.79 Å². The first-order valence-corrected chi connectivity index (χ1v) is 8.54. The summed E-state index contributed by atoms with van der Waals surface area (Å²) in [5, 5.41) is 3.90. The third kappa shape index (κ3) is 3.07. The van der Waals surface area contributed by atoms with E-state index in [1.165, 1.54) is 0 Å². The third-order valence-corrected chi connectivity index (χ3v) is 4.21. The van der Waals surface area contributed by atoms with Gasteiger partial charge in [-0.05, 0) is 30.3 Å². The Morgan fingerprint density at radius 1 is 1.04 bits per heavy atom. The number of rotatable bonds is 4. The third-order valence-electron chi connectivity index (χ3n) is 4.21. The summed E-state index contributed by atoms with van der Waals surface area (Å²) in [5.41, 5.74) is 0.700. The van der Waals surface area contributed by atoms with Gasteiger partial charge in [-0.2, -0.15) is 4.98 Å². The van der Waals surface area contributed by atoms with Gasteiger partial charge in [0.25, 0.3) is 5.89 Å². The van der Waals surface area contributed by atoms with Crippen molar-refractivity contribution in [2.75, 3.05) is 13.4 Å². The number of esters is 1. The summed E-state index contributed by atoms with van der Waals surface area (Å²) in [4.78, 5) is 16.5. The normalized spacial score (nSPS) is 16.6. The second-order valence-corrected chi connectivity index (χ2v) is 6.05. The van der Waals surface area contributed by atoms with Crippen LogP contribution in [0.15, 0.2) is 47.0 Å². The highest BCUT2D eigenvalue weighted by Crippen LogP contribution is 2.35. The zero-order valence-corrected chi connectivity index (χ0v) is 14.5. The molecule has 0 N–H and O–H groups in total. The SMILES string of the molecule is O=C(OCc1nc(-c2ccc3c(c2)OCO3)no1)[C@@H]1COc2ccccc2O1. The van der Waals surface area contributed by atoms with Crippen molar-refractivity contribution < 1.29 is 33.0 Å². The van der Waals surface area contributed by atoms with Gasteiger partial charge in [0.2, 0.25) is 18.7 Å². The van der Waals surface area contributed by atoms with Crippen LogP contribution in [-0.2, 0) is 16.1 Å². The Labute approximate surface area is 158 Å². The molecule has 0 bridgehead atoms. The van der Waals surface area contributed by atoms with Crippen LogP contribution in [0, 0.1) is 0 Å². The minimum Gasteiger partial charge on any atom is -0.485 e. The number of nitrogens with zero attached hydrogens (tertiary/aromatic N) is 2. The first-order valence-electron chi connectivity index (χ1n) is 8.54. The fourth-order valence-electron chi connectivity index (χ4n) is 2.83. The number of aromatic nitrogens is 2. The van der Waals surface area contributed by atoms with Crippen LogP contribution in [0.3, 0.4) is 0 Å². The van der Waals surface area contributed by atoms with Gasteiger partial charge < -0.3 is 28.2 Å². The van der Waals surface area contributed by atoms with Gasteiger partial charge in [-0.25, -0.2) is 4.79 Å². The van der Waals surface area contributed by atoms with Gasteiger partial charge in [0.1, 0.15) is 6.61 Å². The fraction of sp³-hybridized carbons (Fsp3) is 0.211. The van der Waals surface area contributed by atoms with Crippen LogP contribution in [0.4, 0.5) is 0 Å². The van der Waals surface area contributed by atoms with Crippen molar-refractivity contribution in [2.24, 2.45) is 0 Å². The molecule has 0 fully saturated rings. The predicted molar refractivity (Wildman–Crippen MR) is 92.0 cm³/mol. The predicted octanol–water partition coefficient (Wildman–Crippen LogP) is 2.35. The second kappa shape index (κ2) is 6.76. The maximum atomic E-state index is 12.2. The van der Waals surface area contributed by atoms with Crippen molar-refractivity contribution >= 4 is 5.97 Å². The Hall–Kier alpha value is -3.75. The number of hydrogen-bond acceptors (Lipinski definition) is 9. The number of ether oxygens (including phenoxy) is 5. The summed E-state index contributed by atoms with van der Waals surface area (Å²) in [5.74, 6) is 2.32. The minimum atomic E-state index is -0.855. The molecular weight excluding hydrogens is 368 g/mol. The van der Waals surface area contributed by atoms with E-state index in [4.69, 9.17) is 28.2 Å². The van der Waals surface area contributed by atoms with E-state index in [2.05, 4.69) is 10.1 Å². The molecule has 28 heavy (non-hydrogen) atoms. The van der Waals surface area contributed by atoms with Gasteiger partial charge in [-0.3, -0.25) is 0 Å². The average Bonchev–Trinajstić information content (AvgIpc) is 3.40. The summed E-state index contributed by atoms with van der Waals surface area (Å²) in [6, 6.07) is 12.4. The lowest BCUT2D eigenvalue weighted by molar-refractivity contribution is -0.156. The maximum Gasteiger partial charge on any atom is 0.351 e. The molecule has 1 aromatic heterocycles. The second-order valence-electron chi connectivity index (χ2n) is 6.05. The number of benzene rings is 2. The molecule has 5 rings (SSSR count). The summed E-state index contributed by atoms with van der Waals surface area (Å²) in [6.45, 7) is 0.0870. The van der Waals surface area contributed by atoms with E-state index in [-0.39, 0.29) is 25.9 Å². The topological polar surface area (TPSA) is 102 Å². The van der Waals surface area contributed by atoms with Gasteiger partial charge in [0.15, 0.2) is 29.6 Å². The molecule has 0 saturated carbocycles. The first-order chi connectivity index (χ1) is 13.8. The summed E-state index contributed by atoms with van der Waals surface area (Å²) in [6.07, 6.45) is -0.855. The summed E-state index contributed by atoms with van der Waals surface area (Å²) >= 11 is 0. The van der Waals surface area contributed by atoms with E-state index in [1.54, 1.807) is 36.4 Å². The molecule has 9 nitrogen and oxygen atoms in total. The zero-order chi connectivity index (χ0) is 18.9. The van der Waals surface area contributed by atoms with Crippen LogP contribution in [0.1, 0.15) is 5.89 Å². The molecule has 0 radical (unpaired) electrons. The number of para-hydroxylation sites is 2. The van der Waals surface area contributed by atoms with Gasteiger partial charge in [0, 0.05) is 5.56 Å². The lowest BCUT2D eigenvalue weighted by Gasteiger charge is -2.24. The monoisotopic (exact) mass is 382 g/mol. The molecule has 3 aromatic rings. The van der Waals surface area contributed by atoms with E-state index >= 15 is 0 Å². The van der Waals surface area contributed by atoms with E-state index in [0.29, 0.717) is 34.4 Å². The van der Waals surface area contributed by atoms with Crippen molar-refractivity contribution in [3.8, 4) is 34.4 Å². The standard InChI is InChI=1S/C19H14N2O7/c22-19(16-8-23-12-3-1-2-4-14(12)27-16)24-9-17-20-18(21-28-17)11-5-6-13-15(7-11)26-10-25-13/h1-7,16H,8-10H2/t16-/m0/s1. The van der Waals surface area contributed by atoms with Crippen LogP contribution in [-0.4, -0.2) is 35.6 Å². The quantitative estimate of drug-likeness (QED) is 0.629. The van der Waals surface area contributed by atoms with Crippen LogP contribution in [0.25, 0.3) is 11.4 Å². The van der Waals surface area contributed by atoms with Crippen molar-refractivity contribution in [1.82, 2.24) is 10.1 Å². The minimum absolute atomic E-state index is 0.0716. The Morgan fingerprint density at radius 2 is 1.86 bits per heavy atom. The van der Waals surface area contributed by atoms with Crippen molar-refractivity contribution in [3.05, 3.63) is 48.4 Å². The first kappa shape index (κ1) is 16.4. The lowest BCUT2D eigenvalue weighted by Crippen LogP contribution is -2.37. The molecule has 0 spiro atoms. The molecule has 2 aromatic carbocycles. The smallest absolute Gasteiger partial charge is 0.351 e. The number of hydrogen-bond donors (Lipinski definition) is 0. The molecule has 1 atom stereocenters. The molecule has 2 aliphatic rings. The Balaban J connectivity index is 1.21. The van der Waals surface area contributed by atoms with Gasteiger partial charge >= 0.3 is 5.97 Å². The van der Waals surface area contributed by atoms with Crippen LogP contribution in [0.5, 0.6) is 23.0 Å². The molecule has 0 saturated heterocycles. The Kier molecular flexibility index (Phi) is 3.97. The van der Waals surface area contributed by atoms with E-state index < -0.39 is 12.1 Å². The molecule has 0 amide bonds. The summed E-state index contributed by atoms with van der Waals surface area (Å²) < 4.78 is 32.1. The number of carbonyl (C=O) groups is 1. The average molecular weight is 382 g/mol. The van der Waals surface area contributed by atoms with Crippen molar-refractivity contribution in [1.29, 1.82) is 0 Å². The molecule has 9 heteroatoms. The highest BCUT2D eigenvalue weighted by atomic mass is 16.7. The van der Waals surface area contributed by atoms with E-state index in [1.807, 2.05) is 6.07 Å². The molecule has 2 aliphatic heterocycles. The van der Waals surface area contributed by atoms with Crippen LogP contribution >= 0.6 is 0 Å². The lowest BCUT2D eigenvalue weighted by atomic mass is 10.2. The van der Waals surface area contributed by atoms with Crippen LogP contribution < -0.4 is 18.9 Å². The molecule has 0 aliphatic carbocycles. The fourth-order valence-corrected chi connectivity index (χ4v) is 2.83. The molecular formula is C19H14N2O7. The number of fused-ring (bicyclic) bond motifs is 2. The summed E-state index contributed by atoms with van der Waals surface area (Å²) in [7, 11) is 0. The van der Waals surface area contributed by atoms with Gasteiger partial charge in [-0.1, -0.05) is 17.3 Å². The van der Waals surface area contributed by atoms with E-state index in [0.717, 1.165) is 0 Å². The zero-order valence-electron chi connectivity index (χ0n) is 14.5. The van der Waals surface area contributed by atoms with Crippen molar-refractivity contribution in [3.63, 3.8) is 0 Å². The highest BCUT2D eigenvalue weighted by molar-refractivity contribution is 5.76. The molecule has 3 heterocycles.